The maximum absolute atomic E-state index is 10.8. The number of rotatable bonds is 0. The fourth-order valence-electron chi connectivity index (χ4n) is 1.55. The van der Waals surface area contributed by atoms with Gasteiger partial charge in [-0.15, -0.1) is 0 Å². The summed E-state index contributed by atoms with van der Waals surface area (Å²) in [6.45, 7) is 0.533. The van der Waals surface area contributed by atoms with Gasteiger partial charge >= 0.3 is 6.09 Å². The summed E-state index contributed by atoms with van der Waals surface area (Å²) in [5.41, 5.74) is 1.77. The quantitative estimate of drug-likeness (QED) is 0.694. The molecule has 0 unspecified atom stereocenters. The van der Waals surface area contributed by atoms with Gasteiger partial charge in [0.1, 0.15) is 0 Å². The first-order valence-corrected chi connectivity index (χ1v) is 4.35. The van der Waals surface area contributed by atoms with E-state index >= 15 is 0 Å². The smallest absolute Gasteiger partial charge is 0.411 e. The van der Waals surface area contributed by atoms with Crippen LogP contribution in [0, 0.1) is 0 Å². The van der Waals surface area contributed by atoms with Gasteiger partial charge in [-0.1, -0.05) is 17.7 Å². The molecule has 0 aliphatic carbocycles. The number of hydrogen-bond donors (Lipinski definition) is 1. The van der Waals surface area contributed by atoms with Gasteiger partial charge in [-0.25, -0.2) is 4.79 Å². The molecule has 0 bridgehead atoms. The van der Waals surface area contributed by atoms with Crippen molar-refractivity contribution in [2.75, 3.05) is 11.4 Å². The van der Waals surface area contributed by atoms with Crippen LogP contribution < -0.4 is 4.90 Å². The van der Waals surface area contributed by atoms with Crippen molar-refractivity contribution in [2.45, 2.75) is 6.42 Å². The van der Waals surface area contributed by atoms with Crippen molar-refractivity contribution >= 4 is 23.4 Å². The first-order valence-electron chi connectivity index (χ1n) is 3.97. The van der Waals surface area contributed by atoms with Crippen LogP contribution in [-0.2, 0) is 6.42 Å². The van der Waals surface area contributed by atoms with Crippen molar-refractivity contribution < 1.29 is 9.90 Å². The van der Waals surface area contributed by atoms with E-state index in [-0.39, 0.29) is 0 Å². The molecule has 1 amide bonds. The van der Waals surface area contributed by atoms with Crippen molar-refractivity contribution in [3.8, 4) is 0 Å². The molecule has 1 aliphatic rings. The molecule has 1 aliphatic heterocycles. The molecule has 0 fully saturated rings. The minimum atomic E-state index is -0.916. The molecule has 1 aromatic rings. The van der Waals surface area contributed by atoms with Gasteiger partial charge in [0.2, 0.25) is 0 Å². The number of benzene rings is 1. The molecule has 0 radical (unpaired) electrons. The fourth-order valence-corrected chi connectivity index (χ4v) is 1.72. The second-order valence-corrected chi connectivity index (χ2v) is 3.39. The van der Waals surface area contributed by atoms with Gasteiger partial charge in [-0.3, -0.25) is 4.90 Å². The summed E-state index contributed by atoms with van der Waals surface area (Å²) in [4.78, 5) is 12.1. The van der Waals surface area contributed by atoms with Crippen molar-refractivity contribution in [3.63, 3.8) is 0 Å². The Hall–Kier alpha value is -1.22. The van der Waals surface area contributed by atoms with Crippen LogP contribution in [0.5, 0.6) is 0 Å². The fraction of sp³-hybridized carbons (Fsp3) is 0.222. The van der Waals surface area contributed by atoms with Crippen LogP contribution in [0.3, 0.4) is 0 Å². The second kappa shape index (κ2) is 2.92. The van der Waals surface area contributed by atoms with Crippen molar-refractivity contribution in [1.29, 1.82) is 0 Å². The van der Waals surface area contributed by atoms with E-state index in [2.05, 4.69) is 0 Å². The first kappa shape index (κ1) is 8.38. The summed E-state index contributed by atoms with van der Waals surface area (Å²) >= 11 is 5.77. The molecule has 13 heavy (non-hydrogen) atoms. The van der Waals surface area contributed by atoms with Crippen LogP contribution in [0.4, 0.5) is 10.5 Å². The molecule has 0 atom stereocenters. The molecule has 1 N–H and O–H groups in total. The monoisotopic (exact) mass is 197 g/mol. The van der Waals surface area contributed by atoms with Crippen LogP contribution in [0.25, 0.3) is 0 Å². The van der Waals surface area contributed by atoms with Gasteiger partial charge in [0.05, 0.1) is 5.69 Å². The van der Waals surface area contributed by atoms with E-state index in [1.54, 1.807) is 12.1 Å². The summed E-state index contributed by atoms with van der Waals surface area (Å²) in [5.74, 6) is 0. The number of amides is 1. The topological polar surface area (TPSA) is 40.5 Å². The molecule has 0 aromatic heterocycles. The van der Waals surface area contributed by atoms with Crippen LogP contribution in [0.1, 0.15) is 5.56 Å². The third-order valence-corrected chi connectivity index (χ3v) is 2.41. The molecule has 0 spiro atoms. The average Bonchev–Trinajstić information content (AvgIpc) is 2.46. The number of nitrogens with zero attached hydrogens (tertiary/aromatic N) is 1. The largest absolute Gasteiger partial charge is 0.465 e. The summed E-state index contributed by atoms with van der Waals surface area (Å²) in [7, 11) is 0. The zero-order valence-corrected chi connectivity index (χ0v) is 7.58. The molecule has 68 valence electrons. The van der Waals surface area contributed by atoms with Gasteiger partial charge in [0.15, 0.2) is 0 Å². The van der Waals surface area contributed by atoms with E-state index < -0.39 is 6.09 Å². The molecule has 0 saturated heterocycles. The minimum absolute atomic E-state index is 0.533. The first-order chi connectivity index (χ1) is 6.18. The summed E-state index contributed by atoms with van der Waals surface area (Å²) in [6.07, 6.45) is -0.139. The maximum atomic E-state index is 10.8. The highest BCUT2D eigenvalue weighted by Crippen LogP contribution is 2.30. The summed E-state index contributed by atoms with van der Waals surface area (Å²) in [5, 5.41) is 9.41. The zero-order valence-electron chi connectivity index (χ0n) is 6.83. The molecular formula is C9H8ClNO2. The molecule has 2 rings (SSSR count). The van der Waals surface area contributed by atoms with Crippen LogP contribution in [-0.4, -0.2) is 17.7 Å². The lowest BCUT2D eigenvalue weighted by atomic mass is 10.2. The van der Waals surface area contributed by atoms with Gasteiger partial charge in [-0.2, -0.15) is 0 Å². The average molecular weight is 198 g/mol. The predicted molar refractivity (Wildman–Crippen MR) is 50.5 cm³/mol. The molecular weight excluding hydrogens is 190 g/mol. The number of carbonyl (C=O) groups is 1. The van der Waals surface area contributed by atoms with E-state index in [1.807, 2.05) is 6.07 Å². The number of carboxylic acid groups (broad SMARTS) is 1. The molecule has 1 heterocycles. The Bertz CT molecular complexity index is 365. The Kier molecular flexibility index (Phi) is 1.88. The van der Waals surface area contributed by atoms with Gasteiger partial charge < -0.3 is 5.11 Å². The van der Waals surface area contributed by atoms with Gasteiger partial charge in [0, 0.05) is 11.6 Å². The SMILES string of the molecule is O=C(O)N1CCc2ccc(Cl)cc21. The second-order valence-electron chi connectivity index (χ2n) is 2.96. The van der Waals surface area contributed by atoms with Gasteiger partial charge in [-0.05, 0) is 24.1 Å². The summed E-state index contributed by atoms with van der Waals surface area (Å²) < 4.78 is 0. The van der Waals surface area contributed by atoms with Crippen LogP contribution in [0.2, 0.25) is 5.02 Å². The number of hydrogen-bond acceptors (Lipinski definition) is 1. The zero-order chi connectivity index (χ0) is 9.42. The number of halogens is 1. The highest BCUT2D eigenvalue weighted by Gasteiger charge is 2.23. The summed E-state index contributed by atoms with van der Waals surface area (Å²) in [6, 6.07) is 5.35. The third kappa shape index (κ3) is 1.35. The highest BCUT2D eigenvalue weighted by molar-refractivity contribution is 6.31. The minimum Gasteiger partial charge on any atom is -0.465 e. The Morgan fingerprint density at radius 1 is 1.54 bits per heavy atom. The van der Waals surface area contributed by atoms with Crippen molar-refractivity contribution in [3.05, 3.63) is 28.8 Å². The molecule has 4 heteroatoms. The van der Waals surface area contributed by atoms with E-state index in [9.17, 15) is 4.79 Å². The standard InChI is InChI=1S/C9H8ClNO2/c10-7-2-1-6-3-4-11(9(12)13)8(6)5-7/h1-2,5H,3-4H2,(H,12,13). The van der Waals surface area contributed by atoms with E-state index in [0.29, 0.717) is 11.6 Å². The Morgan fingerprint density at radius 2 is 2.31 bits per heavy atom. The normalized spacial score (nSPS) is 14.4. The molecule has 3 nitrogen and oxygen atoms in total. The third-order valence-electron chi connectivity index (χ3n) is 2.17. The van der Waals surface area contributed by atoms with Crippen molar-refractivity contribution in [1.82, 2.24) is 0 Å². The van der Waals surface area contributed by atoms with Crippen LogP contribution >= 0.6 is 11.6 Å². The molecule has 1 aromatic carbocycles. The maximum Gasteiger partial charge on any atom is 0.411 e. The lowest BCUT2D eigenvalue weighted by Gasteiger charge is -2.12. The number of anilines is 1. The highest BCUT2D eigenvalue weighted by atomic mass is 35.5. The molecule has 0 saturated carbocycles. The Morgan fingerprint density at radius 3 is 3.00 bits per heavy atom. The van der Waals surface area contributed by atoms with E-state index in [1.165, 1.54) is 4.90 Å². The van der Waals surface area contributed by atoms with E-state index in [4.69, 9.17) is 16.7 Å². The van der Waals surface area contributed by atoms with Gasteiger partial charge in [0.25, 0.3) is 0 Å². The Balaban J connectivity index is 2.46. The Labute approximate surface area is 80.5 Å². The van der Waals surface area contributed by atoms with E-state index in [0.717, 1.165) is 17.7 Å². The lowest BCUT2D eigenvalue weighted by Crippen LogP contribution is -2.26. The predicted octanol–water partition coefficient (Wildman–Crippen LogP) is 2.38. The van der Waals surface area contributed by atoms with Crippen molar-refractivity contribution in [2.24, 2.45) is 0 Å². The lowest BCUT2D eigenvalue weighted by molar-refractivity contribution is 0.202. The number of fused-ring (bicyclic) bond motifs is 1. The van der Waals surface area contributed by atoms with Crippen LogP contribution in [0.15, 0.2) is 18.2 Å².